The molecule has 2 saturated carbocycles. The maximum absolute atomic E-state index is 10.4. The Balaban J connectivity index is 1.44. The van der Waals surface area contributed by atoms with Gasteiger partial charge in [-0.25, -0.2) is 0 Å². The molecule has 5 aliphatic rings. The van der Waals surface area contributed by atoms with E-state index in [1.165, 1.54) is 19.5 Å². The van der Waals surface area contributed by atoms with E-state index in [9.17, 15) is 4.79 Å². The fourth-order valence-corrected chi connectivity index (χ4v) is 4.92. The molecule has 4 aliphatic carbocycles. The lowest BCUT2D eigenvalue weighted by Crippen LogP contribution is -2.37. The van der Waals surface area contributed by atoms with Gasteiger partial charge in [-0.05, 0) is 54.9 Å². The first-order valence-corrected chi connectivity index (χ1v) is 7.23. The Kier molecular flexibility index (Phi) is 2.23. The highest BCUT2D eigenvalue weighted by Crippen LogP contribution is 2.64. The van der Waals surface area contributed by atoms with E-state index in [1.54, 1.807) is 0 Å². The first kappa shape index (κ1) is 10.3. The quantitative estimate of drug-likeness (QED) is 0.419. The number of rotatable bonds is 4. The zero-order valence-corrected chi connectivity index (χ0v) is 10.3. The van der Waals surface area contributed by atoms with Crippen LogP contribution in [-0.4, -0.2) is 30.8 Å². The third-order valence-electron chi connectivity index (χ3n) is 5.71. The van der Waals surface area contributed by atoms with Crippen molar-refractivity contribution in [3.8, 4) is 0 Å². The van der Waals surface area contributed by atoms with Crippen LogP contribution in [0.5, 0.6) is 0 Å². The highest BCUT2D eigenvalue weighted by Gasteiger charge is 2.60. The summed E-state index contributed by atoms with van der Waals surface area (Å²) < 4.78 is 0. The fourth-order valence-electron chi connectivity index (χ4n) is 4.92. The van der Waals surface area contributed by atoms with Crippen molar-refractivity contribution in [1.82, 2.24) is 4.90 Å². The summed E-state index contributed by atoms with van der Waals surface area (Å²) in [7, 11) is 0. The van der Waals surface area contributed by atoms with Gasteiger partial charge >= 0.3 is 0 Å². The lowest BCUT2D eigenvalue weighted by Gasteiger charge is -2.40. The Labute approximate surface area is 103 Å². The maximum atomic E-state index is 10.4. The van der Waals surface area contributed by atoms with Crippen LogP contribution in [0.25, 0.3) is 0 Å². The van der Waals surface area contributed by atoms with Crippen molar-refractivity contribution < 1.29 is 4.79 Å². The summed E-state index contributed by atoms with van der Waals surface area (Å²) in [6.45, 7) is 3.75. The minimum absolute atomic E-state index is 0.738. The number of likely N-dealkylation sites (tertiary alicyclic amines) is 1. The fraction of sp³-hybridized carbons (Fsp3) is 0.800. The molecule has 2 nitrogen and oxygen atoms in total. The first-order chi connectivity index (χ1) is 8.38. The average molecular weight is 231 g/mol. The summed E-state index contributed by atoms with van der Waals surface area (Å²) in [5.74, 6) is 5.83. The van der Waals surface area contributed by atoms with E-state index in [1.807, 2.05) is 0 Å². The van der Waals surface area contributed by atoms with Crippen LogP contribution in [0, 0.1) is 35.5 Å². The summed E-state index contributed by atoms with van der Waals surface area (Å²) in [6.07, 6.45) is 9.44. The molecule has 6 unspecified atom stereocenters. The molecule has 0 spiro atoms. The average Bonchev–Trinajstić information content (AvgIpc) is 3.04. The Morgan fingerprint density at radius 1 is 1.06 bits per heavy atom. The van der Waals surface area contributed by atoms with E-state index in [0.29, 0.717) is 0 Å². The van der Waals surface area contributed by atoms with Crippen LogP contribution in [-0.2, 0) is 4.79 Å². The van der Waals surface area contributed by atoms with Crippen molar-refractivity contribution in [3.63, 3.8) is 0 Å². The molecular formula is C15H21NO. The van der Waals surface area contributed by atoms with Crippen LogP contribution in [0.3, 0.4) is 0 Å². The zero-order valence-electron chi connectivity index (χ0n) is 10.3. The van der Waals surface area contributed by atoms with E-state index in [0.717, 1.165) is 61.2 Å². The molecule has 6 atom stereocenters. The Morgan fingerprint density at radius 2 is 1.71 bits per heavy atom. The lowest BCUT2D eigenvalue weighted by atomic mass is 9.64. The van der Waals surface area contributed by atoms with Crippen molar-refractivity contribution in [3.05, 3.63) is 12.2 Å². The molecule has 1 heterocycles. The van der Waals surface area contributed by atoms with Gasteiger partial charge in [0.1, 0.15) is 6.29 Å². The Morgan fingerprint density at radius 3 is 2.29 bits per heavy atom. The number of carbonyl (C=O) groups excluding carboxylic acids is 1. The van der Waals surface area contributed by atoms with Gasteiger partial charge in [-0.2, -0.15) is 0 Å². The second-order valence-electron chi connectivity index (χ2n) is 6.50. The van der Waals surface area contributed by atoms with Gasteiger partial charge in [-0.15, -0.1) is 0 Å². The molecule has 17 heavy (non-hydrogen) atoms. The Bertz CT molecular complexity index is 338. The Hall–Kier alpha value is -0.630. The minimum Gasteiger partial charge on any atom is -0.303 e. The summed E-state index contributed by atoms with van der Waals surface area (Å²) in [6, 6.07) is 0. The van der Waals surface area contributed by atoms with Gasteiger partial charge < -0.3 is 9.69 Å². The molecule has 0 aromatic carbocycles. The van der Waals surface area contributed by atoms with E-state index in [-0.39, 0.29) is 0 Å². The molecule has 2 bridgehead atoms. The minimum atomic E-state index is 0.738. The van der Waals surface area contributed by atoms with Crippen LogP contribution < -0.4 is 0 Å². The molecule has 1 aliphatic heterocycles. The predicted octanol–water partition coefficient (Wildman–Crippen LogP) is 1.97. The normalized spacial score (nSPS) is 50.1. The van der Waals surface area contributed by atoms with Gasteiger partial charge in [0.15, 0.2) is 0 Å². The van der Waals surface area contributed by atoms with Crippen molar-refractivity contribution in [2.24, 2.45) is 35.5 Å². The molecule has 0 radical (unpaired) electrons. The number of hydrogen-bond acceptors (Lipinski definition) is 2. The topological polar surface area (TPSA) is 20.3 Å². The molecule has 0 aromatic rings. The number of nitrogens with zero attached hydrogens (tertiary/aromatic N) is 1. The van der Waals surface area contributed by atoms with Gasteiger partial charge in [0.2, 0.25) is 0 Å². The number of unbranched alkanes of at least 4 members (excludes halogenated alkanes) is 1. The molecule has 0 N–H and O–H groups in total. The van der Waals surface area contributed by atoms with E-state index in [4.69, 9.17) is 0 Å². The second-order valence-corrected chi connectivity index (χ2v) is 6.50. The van der Waals surface area contributed by atoms with Crippen molar-refractivity contribution >= 4 is 6.29 Å². The number of allylic oxidation sites excluding steroid dienone is 2. The lowest BCUT2D eigenvalue weighted by molar-refractivity contribution is -0.108. The van der Waals surface area contributed by atoms with Gasteiger partial charge in [-0.1, -0.05) is 12.2 Å². The number of aldehydes is 1. The van der Waals surface area contributed by atoms with Gasteiger partial charge in [0.25, 0.3) is 0 Å². The molecule has 3 fully saturated rings. The summed E-state index contributed by atoms with van der Waals surface area (Å²) in [5.41, 5.74) is 0. The second kappa shape index (κ2) is 3.68. The van der Waals surface area contributed by atoms with Crippen molar-refractivity contribution in [2.75, 3.05) is 19.6 Å². The summed E-state index contributed by atoms with van der Waals surface area (Å²) in [5, 5.41) is 0. The van der Waals surface area contributed by atoms with Crippen LogP contribution in [0.15, 0.2) is 12.2 Å². The highest BCUT2D eigenvalue weighted by molar-refractivity contribution is 5.49. The van der Waals surface area contributed by atoms with Crippen molar-refractivity contribution in [1.29, 1.82) is 0 Å². The number of carbonyl (C=O) groups is 1. The third-order valence-corrected chi connectivity index (χ3v) is 5.71. The van der Waals surface area contributed by atoms with Gasteiger partial charge in [-0.3, -0.25) is 0 Å². The van der Waals surface area contributed by atoms with E-state index in [2.05, 4.69) is 17.1 Å². The smallest absolute Gasteiger partial charge is 0.120 e. The van der Waals surface area contributed by atoms with Crippen LogP contribution >= 0.6 is 0 Å². The van der Waals surface area contributed by atoms with E-state index < -0.39 is 0 Å². The monoisotopic (exact) mass is 231 g/mol. The largest absolute Gasteiger partial charge is 0.303 e. The standard InChI is InChI=1S/C15H21NO/c17-6-2-1-5-16-8-14-10-3-4-11(15(14)9-16)13-7-12(10)13/h3-4,6,10-15H,1-2,5,7-9H2. The van der Waals surface area contributed by atoms with Crippen LogP contribution in [0.4, 0.5) is 0 Å². The molecule has 0 amide bonds. The van der Waals surface area contributed by atoms with Gasteiger partial charge in [0.05, 0.1) is 0 Å². The molecular weight excluding hydrogens is 210 g/mol. The SMILES string of the molecule is O=CCCCN1CC2C3C=CC(C4CC34)C2C1. The highest BCUT2D eigenvalue weighted by atomic mass is 16.1. The summed E-state index contributed by atoms with van der Waals surface area (Å²) >= 11 is 0. The zero-order chi connectivity index (χ0) is 11.4. The molecule has 5 rings (SSSR count). The molecule has 2 heteroatoms. The third kappa shape index (κ3) is 1.46. The number of hydrogen-bond donors (Lipinski definition) is 0. The molecule has 0 aromatic heterocycles. The molecule has 1 saturated heterocycles. The van der Waals surface area contributed by atoms with Crippen LogP contribution in [0.1, 0.15) is 19.3 Å². The summed E-state index contributed by atoms with van der Waals surface area (Å²) in [4.78, 5) is 13.0. The predicted molar refractivity (Wildman–Crippen MR) is 66.4 cm³/mol. The van der Waals surface area contributed by atoms with E-state index >= 15 is 0 Å². The van der Waals surface area contributed by atoms with Gasteiger partial charge in [0, 0.05) is 19.5 Å². The van der Waals surface area contributed by atoms with Crippen molar-refractivity contribution in [2.45, 2.75) is 19.3 Å². The van der Waals surface area contributed by atoms with Crippen LogP contribution in [0.2, 0.25) is 0 Å². The molecule has 92 valence electrons. The first-order valence-electron chi connectivity index (χ1n) is 7.23. The maximum Gasteiger partial charge on any atom is 0.120 e.